The third-order valence-corrected chi connectivity index (χ3v) is 5.83. The molecule has 33 heavy (non-hydrogen) atoms. The monoisotopic (exact) mass is 450 g/mol. The summed E-state index contributed by atoms with van der Waals surface area (Å²) in [5, 5.41) is 0. The van der Waals surface area contributed by atoms with E-state index in [-0.39, 0.29) is 5.97 Å². The first kappa shape index (κ1) is 26.6. The Morgan fingerprint density at radius 3 is 1.88 bits per heavy atom. The second-order valence-corrected chi connectivity index (χ2v) is 9.00. The first-order chi connectivity index (χ1) is 16.1. The molecule has 0 atom stereocenters. The number of carbonyl (C=O) groups is 1. The van der Waals surface area contributed by atoms with Gasteiger partial charge in [-0.15, -0.1) is 0 Å². The van der Waals surface area contributed by atoms with Crippen molar-refractivity contribution in [3.05, 3.63) is 54.1 Å². The molecule has 4 heteroatoms. The van der Waals surface area contributed by atoms with Gasteiger partial charge in [0.25, 0.3) is 0 Å². The minimum atomic E-state index is -0.150. The van der Waals surface area contributed by atoms with Crippen LogP contribution < -0.4 is 9.64 Å². The van der Waals surface area contributed by atoms with Gasteiger partial charge in [-0.2, -0.15) is 0 Å². The van der Waals surface area contributed by atoms with Crippen molar-refractivity contribution in [2.45, 2.75) is 84.0 Å². The van der Waals surface area contributed by atoms with Crippen molar-refractivity contribution in [1.82, 2.24) is 0 Å². The van der Waals surface area contributed by atoms with Crippen molar-refractivity contribution in [2.24, 2.45) is 4.99 Å². The zero-order valence-corrected chi connectivity index (χ0v) is 20.9. The summed E-state index contributed by atoms with van der Waals surface area (Å²) in [6.45, 7) is 2.26. The first-order valence-electron chi connectivity index (χ1n) is 12.7. The number of hydrogen-bond acceptors (Lipinski definition) is 4. The normalized spacial score (nSPS) is 11.1. The molecular formula is C29H42N2O2. The van der Waals surface area contributed by atoms with Crippen LogP contribution in [0.3, 0.4) is 0 Å². The van der Waals surface area contributed by atoms with Gasteiger partial charge >= 0.3 is 5.97 Å². The quantitative estimate of drug-likeness (QED) is 0.112. The Morgan fingerprint density at radius 1 is 0.788 bits per heavy atom. The zero-order chi connectivity index (χ0) is 23.7. The maximum atomic E-state index is 12.1. The van der Waals surface area contributed by atoms with Gasteiger partial charge in [0.1, 0.15) is 5.75 Å². The van der Waals surface area contributed by atoms with Gasteiger partial charge in [-0.05, 0) is 48.4 Å². The second kappa shape index (κ2) is 16.1. The molecule has 0 unspecified atom stereocenters. The Morgan fingerprint density at radius 2 is 1.33 bits per heavy atom. The van der Waals surface area contributed by atoms with Crippen molar-refractivity contribution < 1.29 is 9.53 Å². The molecule has 0 amide bonds. The molecule has 0 aromatic heterocycles. The van der Waals surface area contributed by atoms with Crippen LogP contribution in [-0.4, -0.2) is 26.3 Å². The maximum Gasteiger partial charge on any atom is 0.311 e. The molecule has 0 saturated heterocycles. The first-order valence-corrected chi connectivity index (χ1v) is 12.7. The van der Waals surface area contributed by atoms with Crippen LogP contribution in [0, 0.1) is 0 Å². The Bertz CT molecular complexity index is 811. The minimum Gasteiger partial charge on any atom is -0.427 e. The fourth-order valence-electron chi connectivity index (χ4n) is 3.72. The number of esters is 1. The summed E-state index contributed by atoms with van der Waals surface area (Å²) in [4.78, 5) is 18.7. The van der Waals surface area contributed by atoms with Crippen molar-refractivity contribution in [3.8, 4) is 5.75 Å². The highest BCUT2D eigenvalue weighted by Gasteiger charge is 2.05. The number of hydrogen-bond donors (Lipinski definition) is 0. The Hall–Kier alpha value is -2.62. The van der Waals surface area contributed by atoms with E-state index < -0.39 is 0 Å². The summed E-state index contributed by atoms with van der Waals surface area (Å²) in [5.41, 5.74) is 3.03. The van der Waals surface area contributed by atoms with Crippen LogP contribution in [0.5, 0.6) is 5.75 Å². The van der Waals surface area contributed by atoms with Gasteiger partial charge in [-0.3, -0.25) is 9.79 Å². The van der Waals surface area contributed by atoms with Crippen molar-refractivity contribution >= 4 is 23.6 Å². The molecule has 180 valence electrons. The number of nitrogens with zero attached hydrogens (tertiary/aromatic N) is 2. The van der Waals surface area contributed by atoms with Crippen LogP contribution in [0.2, 0.25) is 0 Å². The third-order valence-electron chi connectivity index (χ3n) is 5.83. The topological polar surface area (TPSA) is 41.9 Å². The standard InChI is InChI=1S/C29H42N2O2/c1-4-5-6-7-8-9-10-11-12-13-14-15-29(32)33-28-22-18-26(19-23-28)30-24-25-16-20-27(21-17-25)31(2)3/h16-24H,4-15H2,1-3H3. The number of carbonyl (C=O) groups excluding carboxylic acids is 1. The van der Waals surface area contributed by atoms with Crippen LogP contribution in [0.15, 0.2) is 53.5 Å². The molecule has 0 aliphatic rings. The summed E-state index contributed by atoms with van der Waals surface area (Å²) < 4.78 is 5.46. The highest BCUT2D eigenvalue weighted by Crippen LogP contribution is 2.20. The molecule has 0 radical (unpaired) electrons. The maximum absolute atomic E-state index is 12.1. The average molecular weight is 451 g/mol. The summed E-state index contributed by atoms with van der Waals surface area (Å²) in [7, 11) is 4.05. The molecule has 0 aliphatic heterocycles. The van der Waals surface area contributed by atoms with E-state index in [9.17, 15) is 4.79 Å². The van der Waals surface area contributed by atoms with Gasteiger partial charge < -0.3 is 9.64 Å². The molecule has 0 spiro atoms. The molecule has 0 heterocycles. The molecule has 2 aromatic rings. The van der Waals surface area contributed by atoms with Crippen molar-refractivity contribution in [3.63, 3.8) is 0 Å². The van der Waals surface area contributed by atoms with Crippen LogP contribution in [0.1, 0.15) is 89.5 Å². The van der Waals surface area contributed by atoms with Gasteiger partial charge in [0.15, 0.2) is 0 Å². The van der Waals surface area contributed by atoms with E-state index in [2.05, 4.69) is 28.9 Å². The summed E-state index contributed by atoms with van der Waals surface area (Å²) in [5.74, 6) is 0.431. The minimum absolute atomic E-state index is 0.150. The fraction of sp³-hybridized carbons (Fsp3) is 0.517. The van der Waals surface area contributed by atoms with Gasteiger partial charge in [-0.25, -0.2) is 0 Å². The van der Waals surface area contributed by atoms with E-state index in [0.717, 1.165) is 29.8 Å². The lowest BCUT2D eigenvalue weighted by molar-refractivity contribution is -0.134. The lowest BCUT2D eigenvalue weighted by atomic mass is 10.1. The highest BCUT2D eigenvalue weighted by atomic mass is 16.5. The molecule has 0 saturated carbocycles. The van der Waals surface area contributed by atoms with Crippen molar-refractivity contribution in [1.29, 1.82) is 0 Å². The number of ether oxygens (including phenoxy) is 1. The molecule has 0 fully saturated rings. The number of rotatable bonds is 16. The van der Waals surface area contributed by atoms with E-state index in [1.807, 2.05) is 44.6 Å². The van der Waals surface area contributed by atoms with E-state index in [1.165, 1.54) is 57.8 Å². The Kier molecular flexibility index (Phi) is 13.0. The molecular weight excluding hydrogens is 408 g/mol. The second-order valence-electron chi connectivity index (χ2n) is 9.00. The average Bonchev–Trinajstić information content (AvgIpc) is 2.82. The Labute approximate surface area is 201 Å². The van der Waals surface area contributed by atoms with Crippen LogP contribution >= 0.6 is 0 Å². The van der Waals surface area contributed by atoms with Crippen LogP contribution in [0.25, 0.3) is 0 Å². The molecule has 0 N–H and O–H groups in total. The largest absolute Gasteiger partial charge is 0.427 e. The van der Waals surface area contributed by atoms with E-state index >= 15 is 0 Å². The van der Waals surface area contributed by atoms with Crippen molar-refractivity contribution in [2.75, 3.05) is 19.0 Å². The fourth-order valence-corrected chi connectivity index (χ4v) is 3.72. The van der Waals surface area contributed by atoms with Crippen LogP contribution in [-0.2, 0) is 4.79 Å². The molecule has 2 aromatic carbocycles. The number of anilines is 1. The zero-order valence-electron chi connectivity index (χ0n) is 20.9. The van der Waals surface area contributed by atoms with Gasteiger partial charge in [0.2, 0.25) is 0 Å². The highest BCUT2D eigenvalue weighted by molar-refractivity contribution is 5.82. The lowest BCUT2D eigenvalue weighted by Gasteiger charge is -2.11. The van der Waals surface area contributed by atoms with Gasteiger partial charge in [0.05, 0.1) is 5.69 Å². The molecule has 0 aliphatic carbocycles. The van der Waals surface area contributed by atoms with Gasteiger partial charge in [0, 0.05) is 32.4 Å². The van der Waals surface area contributed by atoms with E-state index in [0.29, 0.717) is 12.2 Å². The summed E-state index contributed by atoms with van der Waals surface area (Å²) >= 11 is 0. The molecule has 0 bridgehead atoms. The Balaban J connectivity index is 1.59. The molecule has 4 nitrogen and oxygen atoms in total. The number of aliphatic imine (C=N–C) groups is 1. The van der Waals surface area contributed by atoms with Gasteiger partial charge in [-0.1, -0.05) is 83.3 Å². The third kappa shape index (κ3) is 11.7. The van der Waals surface area contributed by atoms with E-state index in [4.69, 9.17) is 4.74 Å². The van der Waals surface area contributed by atoms with Crippen LogP contribution in [0.4, 0.5) is 11.4 Å². The molecule has 2 rings (SSSR count). The predicted octanol–water partition coefficient (Wildman–Crippen LogP) is 8.11. The predicted molar refractivity (Wildman–Crippen MR) is 141 cm³/mol. The number of unbranched alkanes of at least 4 members (excludes halogenated alkanes) is 10. The summed E-state index contributed by atoms with van der Waals surface area (Å²) in [6.07, 6.45) is 16.4. The SMILES string of the molecule is CCCCCCCCCCCCCC(=O)Oc1ccc(N=Cc2ccc(N(C)C)cc2)cc1. The smallest absolute Gasteiger partial charge is 0.311 e. The van der Waals surface area contributed by atoms with E-state index in [1.54, 1.807) is 12.1 Å². The summed E-state index contributed by atoms with van der Waals surface area (Å²) in [6, 6.07) is 15.6. The number of benzene rings is 2. The lowest BCUT2D eigenvalue weighted by Crippen LogP contribution is -2.08.